The van der Waals surface area contributed by atoms with Crippen LogP contribution in [0.1, 0.15) is 23.6 Å². The van der Waals surface area contributed by atoms with Crippen molar-refractivity contribution in [1.29, 1.82) is 0 Å². The van der Waals surface area contributed by atoms with Gasteiger partial charge in [0.25, 0.3) is 0 Å². The molecule has 0 aromatic heterocycles. The fourth-order valence-corrected chi connectivity index (χ4v) is 4.12. The zero-order valence-corrected chi connectivity index (χ0v) is 17.6. The monoisotopic (exact) mass is 485 g/mol. The molecule has 1 unspecified atom stereocenters. The summed E-state index contributed by atoms with van der Waals surface area (Å²) in [6, 6.07) is 15.4. The molecule has 1 atom stereocenters. The number of rotatable bonds is 4. The number of hydrogen-bond acceptors (Lipinski definition) is 2. The van der Waals surface area contributed by atoms with Gasteiger partial charge in [0.1, 0.15) is 17.4 Å². The first-order chi connectivity index (χ1) is 15.0. The Kier molecular flexibility index (Phi) is 5.90. The molecule has 3 aromatic carbocycles. The van der Waals surface area contributed by atoms with Crippen molar-refractivity contribution >= 4 is 28.9 Å². The highest BCUT2D eigenvalue weighted by Crippen LogP contribution is 2.45. The van der Waals surface area contributed by atoms with Crippen LogP contribution in [0.5, 0.6) is 5.75 Å². The van der Waals surface area contributed by atoms with Crippen LogP contribution in [0.25, 0.3) is 11.1 Å². The summed E-state index contributed by atoms with van der Waals surface area (Å²) in [6.07, 6.45) is -4.63. The van der Waals surface area contributed by atoms with E-state index >= 15 is 0 Å². The summed E-state index contributed by atoms with van der Waals surface area (Å²) in [5.74, 6) is -1.92. The summed E-state index contributed by atoms with van der Waals surface area (Å²) in [5, 5.41) is 0. The second-order valence-electron chi connectivity index (χ2n) is 7.19. The van der Waals surface area contributed by atoms with Gasteiger partial charge in [-0.25, -0.2) is 8.78 Å². The van der Waals surface area contributed by atoms with Gasteiger partial charge in [0.05, 0.1) is 17.3 Å². The zero-order chi connectivity index (χ0) is 23.1. The molecule has 1 heterocycles. The van der Waals surface area contributed by atoms with E-state index in [1.165, 1.54) is 30.3 Å². The third-order valence-electron chi connectivity index (χ3n) is 5.00. The Morgan fingerprint density at radius 3 is 1.91 bits per heavy atom. The number of aliphatic imine (C=N–C) groups is 1. The van der Waals surface area contributed by atoms with E-state index in [4.69, 9.17) is 23.2 Å². The summed E-state index contributed by atoms with van der Waals surface area (Å²) in [6.45, 7) is 0. The second kappa shape index (κ2) is 8.37. The molecular formula is C23H14Cl2F5NO. The van der Waals surface area contributed by atoms with E-state index in [0.717, 1.165) is 23.3 Å². The van der Waals surface area contributed by atoms with Crippen molar-refractivity contribution in [2.24, 2.45) is 4.99 Å². The smallest absolute Gasteiger partial charge is 0.406 e. The predicted octanol–water partition coefficient (Wildman–Crippen LogP) is 7.64. The summed E-state index contributed by atoms with van der Waals surface area (Å²) < 4.78 is 67.6. The number of halogens is 7. The molecule has 2 nitrogen and oxygen atoms in total. The van der Waals surface area contributed by atoms with Crippen LogP contribution >= 0.6 is 23.2 Å². The van der Waals surface area contributed by atoms with Crippen molar-refractivity contribution in [1.82, 2.24) is 0 Å². The zero-order valence-electron chi connectivity index (χ0n) is 16.1. The molecule has 0 fully saturated rings. The quantitative estimate of drug-likeness (QED) is 0.274. The van der Waals surface area contributed by atoms with Gasteiger partial charge in [0, 0.05) is 6.42 Å². The molecule has 0 aliphatic carbocycles. The third kappa shape index (κ3) is 4.74. The van der Waals surface area contributed by atoms with Crippen molar-refractivity contribution in [3.8, 4) is 16.9 Å². The molecule has 3 aromatic rings. The molecule has 0 N–H and O–H groups in total. The molecule has 4 rings (SSSR count). The molecule has 32 heavy (non-hydrogen) atoms. The fraction of sp³-hybridized carbons (Fsp3) is 0.174. The molecule has 0 radical (unpaired) electrons. The lowest BCUT2D eigenvalue weighted by Gasteiger charge is -2.16. The largest absolute Gasteiger partial charge is 0.573 e. The van der Waals surface area contributed by atoms with Crippen LogP contribution in [0.15, 0.2) is 71.7 Å². The van der Waals surface area contributed by atoms with Gasteiger partial charge in [-0.2, -0.15) is 0 Å². The van der Waals surface area contributed by atoms with Crippen molar-refractivity contribution in [3.05, 3.63) is 89.5 Å². The standard InChI is InChI=1S/C23H14Cl2F5NO/c24-22(25)12-19(31-21(22)20-17(26)2-1-3-18(20)27)15-6-4-13(5-7-15)14-8-10-16(11-9-14)32-23(28,29)30/h1-11,19H,12H2. The van der Waals surface area contributed by atoms with Crippen LogP contribution in [0.4, 0.5) is 22.0 Å². The van der Waals surface area contributed by atoms with Gasteiger partial charge in [-0.15, -0.1) is 13.2 Å². The van der Waals surface area contributed by atoms with Crippen LogP contribution in [-0.2, 0) is 0 Å². The minimum absolute atomic E-state index is 0.0641. The van der Waals surface area contributed by atoms with E-state index in [1.807, 2.05) is 0 Å². The van der Waals surface area contributed by atoms with Gasteiger partial charge < -0.3 is 4.74 Å². The second-order valence-corrected chi connectivity index (χ2v) is 8.68. The van der Waals surface area contributed by atoms with Crippen LogP contribution in [0, 0.1) is 11.6 Å². The van der Waals surface area contributed by atoms with Crippen LogP contribution in [0.2, 0.25) is 0 Å². The normalized spacial score (nSPS) is 17.8. The SMILES string of the molecule is Fc1cccc(F)c1C1=NC(c2ccc(-c3ccc(OC(F)(F)F)cc3)cc2)CC1(Cl)Cl. The molecule has 0 bridgehead atoms. The Bertz CT molecular complexity index is 1140. The van der Waals surface area contributed by atoms with Crippen molar-refractivity contribution in [2.45, 2.75) is 23.2 Å². The molecule has 0 amide bonds. The van der Waals surface area contributed by atoms with E-state index in [2.05, 4.69) is 9.73 Å². The van der Waals surface area contributed by atoms with Gasteiger partial charge in [-0.05, 0) is 41.0 Å². The summed E-state index contributed by atoms with van der Waals surface area (Å²) in [7, 11) is 0. The van der Waals surface area contributed by atoms with E-state index in [-0.39, 0.29) is 23.4 Å². The molecule has 0 saturated carbocycles. The van der Waals surface area contributed by atoms with Gasteiger partial charge >= 0.3 is 6.36 Å². The van der Waals surface area contributed by atoms with E-state index < -0.39 is 28.4 Å². The maximum absolute atomic E-state index is 14.2. The molecule has 1 aliphatic rings. The maximum Gasteiger partial charge on any atom is 0.573 e. The van der Waals surface area contributed by atoms with Gasteiger partial charge in [-0.1, -0.05) is 65.7 Å². The van der Waals surface area contributed by atoms with Crippen LogP contribution in [0.3, 0.4) is 0 Å². The number of nitrogens with zero attached hydrogens (tertiary/aromatic N) is 1. The Morgan fingerprint density at radius 2 is 1.38 bits per heavy atom. The highest BCUT2D eigenvalue weighted by molar-refractivity contribution is 6.61. The third-order valence-corrected chi connectivity index (χ3v) is 5.66. The topological polar surface area (TPSA) is 21.6 Å². The van der Waals surface area contributed by atoms with Crippen LogP contribution < -0.4 is 4.74 Å². The van der Waals surface area contributed by atoms with Gasteiger partial charge in [0.2, 0.25) is 0 Å². The van der Waals surface area contributed by atoms with Crippen molar-refractivity contribution in [2.75, 3.05) is 0 Å². The van der Waals surface area contributed by atoms with E-state index in [9.17, 15) is 22.0 Å². The Balaban J connectivity index is 1.58. The predicted molar refractivity (Wildman–Crippen MR) is 113 cm³/mol. The minimum Gasteiger partial charge on any atom is -0.406 e. The summed E-state index contributed by atoms with van der Waals surface area (Å²) in [4.78, 5) is 4.40. The molecule has 0 saturated heterocycles. The number of alkyl halides is 5. The highest BCUT2D eigenvalue weighted by Gasteiger charge is 2.43. The van der Waals surface area contributed by atoms with Gasteiger partial charge in [0.15, 0.2) is 4.33 Å². The number of hydrogen-bond donors (Lipinski definition) is 0. The first-order valence-corrected chi connectivity index (χ1v) is 10.2. The highest BCUT2D eigenvalue weighted by atomic mass is 35.5. The molecule has 166 valence electrons. The molecule has 9 heteroatoms. The van der Waals surface area contributed by atoms with Crippen molar-refractivity contribution < 1.29 is 26.7 Å². The molecule has 0 spiro atoms. The van der Waals surface area contributed by atoms with Gasteiger partial charge in [-0.3, -0.25) is 4.99 Å². The Labute approximate surface area is 190 Å². The maximum atomic E-state index is 14.2. The fourth-order valence-electron chi connectivity index (χ4n) is 3.55. The first kappa shape index (κ1) is 22.6. The first-order valence-electron chi connectivity index (χ1n) is 9.40. The Hall–Kier alpha value is -2.64. The lowest BCUT2D eigenvalue weighted by atomic mass is 9.99. The average Bonchev–Trinajstić information content (AvgIpc) is 3.02. The van der Waals surface area contributed by atoms with E-state index in [0.29, 0.717) is 5.56 Å². The molecular weight excluding hydrogens is 472 g/mol. The number of benzene rings is 3. The lowest BCUT2D eigenvalue weighted by Crippen LogP contribution is -2.24. The number of ether oxygens (including phenoxy) is 1. The molecule has 1 aliphatic heterocycles. The van der Waals surface area contributed by atoms with E-state index in [1.54, 1.807) is 24.3 Å². The average molecular weight is 486 g/mol. The van der Waals surface area contributed by atoms with Crippen LogP contribution in [-0.4, -0.2) is 16.4 Å². The summed E-state index contributed by atoms with van der Waals surface area (Å²) >= 11 is 12.7. The minimum atomic E-state index is -4.75. The lowest BCUT2D eigenvalue weighted by molar-refractivity contribution is -0.274. The summed E-state index contributed by atoms with van der Waals surface area (Å²) in [5.41, 5.74) is 1.74. The Morgan fingerprint density at radius 1 is 0.844 bits per heavy atom. The van der Waals surface area contributed by atoms with Crippen molar-refractivity contribution in [3.63, 3.8) is 0 Å².